The summed E-state index contributed by atoms with van der Waals surface area (Å²) in [6, 6.07) is 2.11. The quantitative estimate of drug-likeness (QED) is 0.357. The van der Waals surface area contributed by atoms with Crippen LogP contribution in [0.4, 0.5) is 0 Å². The van der Waals surface area contributed by atoms with Crippen molar-refractivity contribution in [1.29, 1.82) is 0 Å². The van der Waals surface area contributed by atoms with Crippen LogP contribution in [-0.2, 0) is 25.6 Å². The smallest absolute Gasteiger partial charge is 0.232 e. The second kappa shape index (κ2) is 9.72. The first-order chi connectivity index (χ1) is 11.7. The van der Waals surface area contributed by atoms with E-state index in [0.29, 0.717) is 18.3 Å². The zero-order valence-electron chi connectivity index (χ0n) is 16.2. The third-order valence-electron chi connectivity index (χ3n) is 3.65. The molecule has 0 fully saturated rings. The molecule has 9 heteroatoms. The Morgan fingerprint density at radius 3 is 2.62 bits per heavy atom. The molecule has 2 aromatic heterocycles. The minimum atomic E-state index is -0.157. The van der Waals surface area contributed by atoms with Gasteiger partial charge in [-0.15, -0.1) is 24.0 Å². The molecule has 1 N–H and O–H groups in total. The predicted octanol–water partition coefficient (Wildman–Crippen LogP) is 3.68. The summed E-state index contributed by atoms with van der Waals surface area (Å²) in [6.45, 7) is 10.1. The second-order valence-electron chi connectivity index (χ2n) is 7.05. The van der Waals surface area contributed by atoms with E-state index in [9.17, 15) is 0 Å². The standard InChI is InChI=1S/C17H27BrN6O.HI/c1-7-19-16(24(6)11-13-8-12(18)10-23(13)5)20-9-14-21-15(25-22-14)17(2,3)4;/h8,10H,7,9,11H2,1-6H3,(H,19,20);1H. The van der Waals surface area contributed by atoms with Crippen molar-refractivity contribution in [1.82, 2.24) is 24.9 Å². The number of nitrogens with zero attached hydrogens (tertiary/aromatic N) is 5. The summed E-state index contributed by atoms with van der Waals surface area (Å²) in [6.07, 6.45) is 2.04. The molecule has 2 aromatic rings. The highest BCUT2D eigenvalue weighted by Crippen LogP contribution is 2.20. The molecule has 0 spiro atoms. The first-order valence-corrected chi connectivity index (χ1v) is 9.13. The Morgan fingerprint density at radius 2 is 2.12 bits per heavy atom. The van der Waals surface area contributed by atoms with E-state index >= 15 is 0 Å². The van der Waals surface area contributed by atoms with Crippen LogP contribution in [0.15, 0.2) is 26.3 Å². The number of aromatic nitrogens is 3. The lowest BCUT2D eigenvalue weighted by Crippen LogP contribution is -2.38. The topological polar surface area (TPSA) is 71.5 Å². The van der Waals surface area contributed by atoms with Crippen LogP contribution >= 0.6 is 39.9 Å². The molecule has 2 rings (SSSR count). The molecule has 0 aliphatic rings. The van der Waals surface area contributed by atoms with E-state index in [1.807, 2.05) is 41.1 Å². The van der Waals surface area contributed by atoms with E-state index in [0.717, 1.165) is 23.5 Å². The van der Waals surface area contributed by atoms with Crippen LogP contribution in [0.2, 0.25) is 0 Å². The SMILES string of the molecule is CCNC(=NCc1noc(C(C)(C)C)n1)N(C)Cc1cc(Br)cn1C.I. The molecule has 0 saturated heterocycles. The van der Waals surface area contributed by atoms with Crippen molar-refractivity contribution in [3.8, 4) is 0 Å². The van der Waals surface area contributed by atoms with Crippen molar-refractivity contribution in [3.05, 3.63) is 34.1 Å². The van der Waals surface area contributed by atoms with Gasteiger partial charge in [0.25, 0.3) is 0 Å². The Balaban J connectivity index is 0.00000338. The molecule has 0 amide bonds. The second-order valence-corrected chi connectivity index (χ2v) is 7.97. The number of rotatable bonds is 5. The average molecular weight is 539 g/mol. The van der Waals surface area contributed by atoms with Gasteiger partial charge in [0.1, 0.15) is 6.54 Å². The summed E-state index contributed by atoms with van der Waals surface area (Å²) < 4.78 is 8.49. The average Bonchev–Trinajstić information content (AvgIpc) is 3.10. The maximum Gasteiger partial charge on any atom is 0.232 e. The maximum absolute atomic E-state index is 5.32. The molecular formula is C17H28BrIN6O. The predicted molar refractivity (Wildman–Crippen MR) is 118 cm³/mol. The molecule has 146 valence electrons. The molecule has 0 saturated carbocycles. The van der Waals surface area contributed by atoms with E-state index in [1.54, 1.807) is 0 Å². The molecule has 26 heavy (non-hydrogen) atoms. The number of guanidine groups is 1. The third kappa shape index (κ3) is 6.26. The van der Waals surface area contributed by atoms with Gasteiger partial charge in [0.15, 0.2) is 11.8 Å². The summed E-state index contributed by atoms with van der Waals surface area (Å²) in [5.41, 5.74) is 1.03. The minimum absolute atomic E-state index is 0. The summed E-state index contributed by atoms with van der Waals surface area (Å²) >= 11 is 3.51. The van der Waals surface area contributed by atoms with Gasteiger partial charge in [-0.1, -0.05) is 25.9 Å². The van der Waals surface area contributed by atoms with E-state index in [2.05, 4.69) is 58.8 Å². The lowest BCUT2D eigenvalue weighted by molar-refractivity contribution is 0.318. The van der Waals surface area contributed by atoms with E-state index in [-0.39, 0.29) is 29.4 Å². The molecule has 0 aromatic carbocycles. The Labute approximate surface area is 180 Å². The van der Waals surface area contributed by atoms with Crippen LogP contribution in [0, 0.1) is 0 Å². The Hall–Kier alpha value is -1.10. The van der Waals surface area contributed by atoms with Crippen LogP contribution < -0.4 is 5.32 Å². The molecule has 2 heterocycles. The summed E-state index contributed by atoms with van der Waals surface area (Å²) in [7, 11) is 4.05. The number of aliphatic imine (C=N–C) groups is 1. The zero-order chi connectivity index (χ0) is 18.6. The van der Waals surface area contributed by atoms with Crippen LogP contribution in [0.25, 0.3) is 0 Å². The van der Waals surface area contributed by atoms with Crippen molar-refractivity contribution in [3.63, 3.8) is 0 Å². The summed E-state index contributed by atoms with van der Waals surface area (Å²) in [5.74, 6) is 2.03. The highest BCUT2D eigenvalue weighted by molar-refractivity contribution is 14.0. The number of aryl methyl sites for hydroxylation is 1. The highest BCUT2D eigenvalue weighted by Gasteiger charge is 2.21. The van der Waals surface area contributed by atoms with E-state index in [1.165, 1.54) is 5.69 Å². The lowest BCUT2D eigenvalue weighted by atomic mass is 9.97. The largest absolute Gasteiger partial charge is 0.357 e. The fourth-order valence-electron chi connectivity index (χ4n) is 2.28. The van der Waals surface area contributed by atoms with Crippen LogP contribution in [0.3, 0.4) is 0 Å². The van der Waals surface area contributed by atoms with Crippen molar-refractivity contribution in [2.24, 2.45) is 12.0 Å². The molecule has 0 aliphatic carbocycles. The normalized spacial score (nSPS) is 12.0. The van der Waals surface area contributed by atoms with Crippen molar-refractivity contribution in [2.45, 2.75) is 46.2 Å². The van der Waals surface area contributed by atoms with Crippen LogP contribution in [0.1, 0.15) is 45.1 Å². The molecule has 7 nitrogen and oxygen atoms in total. The number of hydrogen-bond acceptors (Lipinski definition) is 4. The van der Waals surface area contributed by atoms with E-state index < -0.39 is 0 Å². The molecule has 0 aliphatic heterocycles. The molecule has 0 radical (unpaired) electrons. The maximum atomic E-state index is 5.32. The van der Waals surface area contributed by atoms with Gasteiger partial charge in [-0.3, -0.25) is 0 Å². The van der Waals surface area contributed by atoms with Crippen LogP contribution in [-0.4, -0.2) is 39.2 Å². The minimum Gasteiger partial charge on any atom is -0.357 e. The van der Waals surface area contributed by atoms with E-state index in [4.69, 9.17) is 4.52 Å². The van der Waals surface area contributed by atoms with Gasteiger partial charge in [-0.2, -0.15) is 4.98 Å². The van der Waals surface area contributed by atoms with Gasteiger partial charge < -0.3 is 19.3 Å². The van der Waals surface area contributed by atoms with Gasteiger partial charge in [0.05, 0.1) is 6.54 Å². The van der Waals surface area contributed by atoms with Crippen molar-refractivity contribution >= 4 is 45.9 Å². The Morgan fingerprint density at radius 1 is 1.42 bits per heavy atom. The molecular weight excluding hydrogens is 511 g/mol. The zero-order valence-corrected chi connectivity index (χ0v) is 20.1. The number of halogens is 2. The fourth-order valence-corrected chi connectivity index (χ4v) is 2.85. The first-order valence-electron chi connectivity index (χ1n) is 8.34. The molecule has 0 unspecified atom stereocenters. The van der Waals surface area contributed by atoms with Gasteiger partial charge in [-0.25, -0.2) is 4.99 Å². The Bertz CT molecular complexity index is 734. The fraction of sp³-hybridized carbons (Fsp3) is 0.588. The lowest BCUT2D eigenvalue weighted by Gasteiger charge is -2.22. The van der Waals surface area contributed by atoms with Gasteiger partial charge in [-0.05, 0) is 28.9 Å². The third-order valence-corrected chi connectivity index (χ3v) is 4.08. The molecule has 0 atom stereocenters. The summed E-state index contributed by atoms with van der Waals surface area (Å²) in [4.78, 5) is 11.1. The number of hydrogen-bond donors (Lipinski definition) is 1. The van der Waals surface area contributed by atoms with Crippen LogP contribution in [0.5, 0.6) is 0 Å². The summed E-state index contributed by atoms with van der Waals surface area (Å²) in [5, 5.41) is 7.33. The number of nitrogens with one attached hydrogen (secondary N) is 1. The van der Waals surface area contributed by atoms with Crippen molar-refractivity contribution in [2.75, 3.05) is 13.6 Å². The monoisotopic (exact) mass is 538 g/mol. The van der Waals surface area contributed by atoms with Gasteiger partial charge >= 0.3 is 0 Å². The highest BCUT2D eigenvalue weighted by atomic mass is 127. The van der Waals surface area contributed by atoms with Gasteiger partial charge in [0.2, 0.25) is 5.89 Å². The first kappa shape index (κ1) is 22.9. The molecule has 0 bridgehead atoms. The van der Waals surface area contributed by atoms with Crippen molar-refractivity contribution < 1.29 is 4.52 Å². The Kier molecular flexibility index (Phi) is 8.58. The van der Waals surface area contributed by atoms with Gasteiger partial charge in [0, 0.05) is 42.4 Å².